The van der Waals surface area contributed by atoms with Crippen molar-refractivity contribution in [3.63, 3.8) is 0 Å². The van der Waals surface area contributed by atoms with Crippen LogP contribution in [0.5, 0.6) is 5.75 Å². The molecule has 0 amide bonds. The summed E-state index contributed by atoms with van der Waals surface area (Å²) in [5.74, 6) is 1.42. The zero-order valence-electron chi connectivity index (χ0n) is 10.7. The summed E-state index contributed by atoms with van der Waals surface area (Å²) in [6, 6.07) is 13.4. The highest BCUT2D eigenvalue weighted by Crippen LogP contribution is 2.26. The Hall–Kier alpha value is -2.21. The van der Waals surface area contributed by atoms with E-state index in [1.807, 2.05) is 47.0 Å². The standard InChI is InChI=1S/C14H11BrN4O/c1-20-12-7-3-2-6-11(12)19-9-16-18-14(19)10-5-4-8-13(15)17-10/h2-9H,1H3. The van der Waals surface area contributed by atoms with Gasteiger partial charge in [-0.3, -0.25) is 4.57 Å². The summed E-state index contributed by atoms with van der Waals surface area (Å²) in [5, 5.41) is 8.14. The Morgan fingerprint density at radius 2 is 1.95 bits per heavy atom. The van der Waals surface area contributed by atoms with Crippen molar-refractivity contribution in [2.45, 2.75) is 0 Å². The van der Waals surface area contributed by atoms with E-state index in [0.29, 0.717) is 5.82 Å². The lowest BCUT2D eigenvalue weighted by Gasteiger charge is -2.10. The average molecular weight is 331 g/mol. The van der Waals surface area contributed by atoms with Crippen LogP contribution in [0.3, 0.4) is 0 Å². The van der Waals surface area contributed by atoms with Crippen molar-refractivity contribution in [1.29, 1.82) is 0 Å². The van der Waals surface area contributed by atoms with Crippen LogP contribution >= 0.6 is 15.9 Å². The molecular formula is C14H11BrN4O. The number of benzene rings is 1. The fourth-order valence-electron chi connectivity index (χ4n) is 1.95. The molecule has 0 N–H and O–H groups in total. The number of nitrogens with zero attached hydrogens (tertiary/aromatic N) is 4. The molecule has 0 unspecified atom stereocenters. The summed E-state index contributed by atoms with van der Waals surface area (Å²) >= 11 is 3.36. The van der Waals surface area contributed by atoms with Gasteiger partial charge in [0.1, 0.15) is 22.4 Å². The second kappa shape index (κ2) is 5.42. The zero-order valence-corrected chi connectivity index (χ0v) is 12.3. The summed E-state index contributed by atoms with van der Waals surface area (Å²) < 4.78 is 7.99. The van der Waals surface area contributed by atoms with E-state index < -0.39 is 0 Å². The number of halogens is 1. The van der Waals surface area contributed by atoms with Crippen LogP contribution in [-0.2, 0) is 0 Å². The van der Waals surface area contributed by atoms with Gasteiger partial charge in [0.15, 0.2) is 5.82 Å². The van der Waals surface area contributed by atoms with Gasteiger partial charge in [-0.05, 0) is 40.2 Å². The van der Waals surface area contributed by atoms with Crippen molar-refractivity contribution in [1.82, 2.24) is 19.7 Å². The summed E-state index contributed by atoms with van der Waals surface area (Å²) in [7, 11) is 1.64. The van der Waals surface area contributed by atoms with Crippen LogP contribution in [0.1, 0.15) is 0 Å². The summed E-state index contributed by atoms with van der Waals surface area (Å²) in [5.41, 5.74) is 1.61. The molecule has 2 heterocycles. The maximum absolute atomic E-state index is 5.38. The maximum atomic E-state index is 5.38. The lowest BCUT2D eigenvalue weighted by Crippen LogP contribution is -2.00. The Morgan fingerprint density at radius 1 is 1.10 bits per heavy atom. The van der Waals surface area contributed by atoms with Gasteiger partial charge in [0.05, 0.1) is 12.8 Å². The maximum Gasteiger partial charge on any atom is 0.187 e. The third-order valence-corrected chi connectivity index (χ3v) is 3.28. The first-order valence-electron chi connectivity index (χ1n) is 5.96. The molecule has 0 atom stereocenters. The molecule has 0 bridgehead atoms. The van der Waals surface area contributed by atoms with Crippen molar-refractivity contribution < 1.29 is 4.74 Å². The van der Waals surface area contributed by atoms with E-state index >= 15 is 0 Å². The van der Waals surface area contributed by atoms with Crippen molar-refractivity contribution in [2.75, 3.05) is 7.11 Å². The number of ether oxygens (including phenoxy) is 1. The highest BCUT2D eigenvalue weighted by Gasteiger charge is 2.13. The van der Waals surface area contributed by atoms with Crippen molar-refractivity contribution in [3.05, 3.63) is 53.4 Å². The lowest BCUT2D eigenvalue weighted by atomic mass is 10.2. The van der Waals surface area contributed by atoms with Crippen LogP contribution in [0.25, 0.3) is 17.2 Å². The first kappa shape index (κ1) is 12.8. The fraction of sp³-hybridized carbons (Fsp3) is 0.0714. The van der Waals surface area contributed by atoms with Gasteiger partial charge < -0.3 is 4.74 Å². The number of methoxy groups -OCH3 is 1. The number of para-hydroxylation sites is 2. The van der Waals surface area contributed by atoms with Gasteiger partial charge in [0, 0.05) is 0 Å². The van der Waals surface area contributed by atoms with E-state index in [4.69, 9.17) is 4.74 Å². The van der Waals surface area contributed by atoms with Crippen molar-refractivity contribution in [2.24, 2.45) is 0 Å². The van der Waals surface area contributed by atoms with Crippen molar-refractivity contribution >= 4 is 15.9 Å². The summed E-state index contributed by atoms with van der Waals surface area (Å²) in [6.07, 6.45) is 1.65. The topological polar surface area (TPSA) is 52.8 Å². The number of aromatic nitrogens is 4. The first-order chi connectivity index (χ1) is 9.79. The molecule has 0 radical (unpaired) electrons. The van der Waals surface area contributed by atoms with Gasteiger partial charge in [0.25, 0.3) is 0 Å². The molecule has 0 saturated carbocycles. The number of pyridine rings is 1. The third kappa shape index (κ3) is 2.30. The molecule has 100 valence electrons. The SMILES string of the molecule is COc1ccccc1-n1cnnc1-c1cccc(Br)n1. The van der Waals surface area contributed by atoms with Crippen LogP contribution in [0.4, 0.5) is 0 Å². The van der Waals surface area contributed by atoms with Crippen LogP contribution in [0.2, 0.25) is 0 Å². The molecule has 0 aliphatic carbocycles. The molecule has 3 rings (SSSR count). The third-order valence-electron chi connectivity index (χ3n) is 2.84. The van der Waals surface area contributed by atoms with E-state index in [2.05, 4.69) is 31.1 Å². The lowest BCUT2D eigenvalue weighted by molar-refractivity contribution is 0.413. The molecule has 0 spiro atoms. The van der Waals surface area contributed by atoms with Crippen LogP contribution in [-0.4, -0.2) is 26.9 Å². The normalized spacial score (nSPS) is 10.5. The van der Waals surface area contributed by atoms with Crippen LogP contribution < -0.4 is 4.74 Å². The Morgan fingerprint density at radius 3 is 2.75 bits per heavy atom. The summed E-state index contributed by atoms with van der Waals surface area (Å²) in [4.78, 5) is 4.41. The van der Waals surface area contributed by atoms with Gasteiger partial charge in [-0.25, -0.2) is 4.98 Å². The minimum atomic E-state index is 0.663. The highest BCUT2D eigenvalue weighted by atomic mass is 79.9. The van der Waals surface area contributed by atoms with Crippen LogP contribution in [0.15, 0.2) is 53.4 Å². The molecule has 0 aliphatic rings. The quantitative estimate of drug-likeness (QED) is 0.692. The van der Waals surface area contributed by atoms with Gasteiger partial charge >= 0.3 is 0 Å². The van der Waals surface area contributed by atoms with Gasteiger partial charge in [-0.1, -0.05) is 18.2 Å². The minimum absolute atomic E-state index is 0.663. The largest absolute Gasteiger partial charge is 0.495 e. The second-order valence-corrected chi connectivity index (χ2v) is 4.85. The van der Waals surface area contributed by atoms with E-state index in [1.165, 1.54) is 0 Å². The van der Waals surface area contributed by atoms with E-state index in [9.17, 15) is 0 Å². The number of rotatable bonds is 3. The average Bonchev–Trinajstić information content (AvgIpc) is 2.96. The Kier molecular flexibility index (Phi) is 3.47. The predicted molar refractivity (Wildman–Crippen MR) is 78.8 cm³/mol. The second-order valence-electron chi connectivity index (χ2n) is 4.04. The first-order valence-corrected chi connectivity index (χ1v) is 6.75. The Labute approximate surface area is 124 Å². The van der Waals surface area contributed by atoms with Gasteiger partial charge in [-0.15, -0.1) is 10.2 Å². The smallest absolute Gasteiger partial charge is 0.187 e. The van der Waals surface area contributed by atoms with E-state index in [0.717, 1.165) is 21.7 Å². The fourth-order valence-corrected chi connectivity index (χ4v) is 2.29. The van der Waals surface area contributed by atoms with Crippen LogP contribution in [0, 0.1) is 0 Å². The van der Waals surface area contributed by atoms with E-state index in [-0.39, 0.29) is 0 Å². The minimum Gasteiger partial charge on any atom is -0.495 e. The molecule has 20 heavy (non-hydrogen) atoms. The zero-order chi connectivity index (χ0) is 13.9. The molecule has 0 saturated heterocycles. The molecule has 6 heteroatoms. The Bertz CT molecular complexity index is 741. The monoisotopic (exact) mass is 330 g/mol. The molecule has 1 aromatic carbocycles. The van der Waals surface area contributed by atoms with Gasteiger partial charge in [-0.2, -0.15) is 0 Å². The number of hydrogen-bond donors (Lipinski definition) is 0. The molecule has 5 nitrogen and oxygen atoms in total. The van der Waals surface area contributed by atoms with E-state index in [1.54, 1.807) is 13.4 Å². The molecule has 0 fully saturated rings. The summed E-state index contributed by atoms with van der Waals surface area (Å²) in [6.45, 7) is 0. The molecule has 3 aromatic rings. The molecular weight excluding hydrogens is 320 g/mol. The number of hydrogen-bond acceptors (Lipinski definition) is 4. The molecule has 0 aliphatic heterocycles. The highest BCUT2D eigenvalue weighted by molar-refractivity contribution is 9.10. The van der Waals surface area contributed by atoms with Crippen molar-refractivity contribution in [3.8, 4) is 23.0 Å². The van der Waals surface area contributed by atoms with Gasteiger partial charge in [0.2, 0.25) is 0 Å². The predicted octanol–water partition coefficient (Wildman–Crippen LogP) is 3.10. The Balaban J connectivity index is 2.15. The molecule has 2 aromatic heterocycles.